The molecule has 0 bridgehead atoms. The zero-order valence-electron chi connectivity index (χ0n) is 11.1. The predicted octanol–water partition coefficient (Wildman–Crippen LogP) is 0.570. The summed E-state index contributed by atoms with van der Waals surface area (Å²) >= 11 is 0. The standard InChI is InChI=1S/C13H24N2O3/c1-2-5-12(17)15-9-13(18)14-8-11(16)10-6-3-4-7-10/h10-11,16H,2-9H2,1H3,(H,14,18)(H,15,17). The second-order valence-corrected chi connectivity index (χ2v) is 4.94. The van der Waals surface area contributed by atoms with Crippen LogP contribution in [-0.4, -0.2) is 36.1 Å². The highest BCUT2D eigenvalue weighted by Crippen LogP contribution is 2.27. The molecule has 0 spiro atoms. The lowest BCUT2D eigenvalue weighted by molar-refractivity contribution is -0.126. The number of rotatable bonds is 7. The van der Waals surface area contributed by atoms with Crippen molar-refractivity contribution < 1.29 is 14.7 Å². The molecule has 1 aliphatic rings. The first-order valence-corrected chi connectivity index (χ1v) is 6.85. The van der Waals surface area contributed by atoms with Crippen LogP contribution in [0.1, 0.15) is 45.4 Å². The number of aliphatic hydroxyl groups excluding tert-OH is 1. The van der Waals surface area contributed by atoms with E-state index in [2.05, 4.69) is 10.6 Å². The highest BCUT2D eigenvalue weighted by molar-refractivity contribution is 5.84. The summed E-state index contributed by atoms with van der Waals surface area (Å²) in [7, 11) is 0. The quantitative estimate of drug-likeness (QED) is 0.623. The van der Waals surface area contributed by atoms with E-state index in [0.29, 0.717) is 12.3 Å². The van der Waals surface area contributed by atoms with Gasteiger partial charge in [-0.2, -0.15) is 0 Å². The Kier molecular flexibility index (Phi) is 6.72. The SMILES string of the molecule is CCCC(=O)NCC(=O)NCC(O)C1CCCC1. The third-order valence-electron chi connectivity index (χ3n) is 3.38. The van der Waals surface area contributed by atoms with Gasteiger partial charge >= 0.3 is 0 Å². The van der Waals surface area contributed by atoms with Gasteiger partial charge in [-0.15, -0.1) is 0 Å². The van der Waals surface area contributed by atoms with Gasteiger partial charge in [0.05, 0.1) is 12.6 Å². The van der Waals surface area contributed by atoms with Gasteiger partial charge < -0.3 is 15.7 Å². The van der Waals surface area contributed by atoms with Crippen LogP contribution >= 0.6 is 0 Å². The fourth-order valence-electron chi connectivity index (χ4n) is 2.28. The average Bonchev–Trinajstić information content (AvgIpc) is 2.87. The maximum absolute atomic E-state index is 11.4. The van der Waals surface area contributed by atoms with Gasteiger partial charge in [0.15, 0.2) is 0 Å². The number of aliphatic hydroxyl groups is 1. The minimum atomic E-state index is -0.456. The van der Waals surface area contributed by atoms with E-state index in [9.17, 15) is 14.7 Å². The first-order valence-electron chi connectivity index (χ1n) is 6.85. The lowest BCUT2D eigenvalue weighted by atomic mass is 10.0. The Morgan fingerprint density at radius 2 is 1.89 bits per heavy atom. The summed E-state index contributed by atoms with van der Waals surface area (Å²) in [5.41, 5.74) is 0. The Morgan fingerprint density at radius 3 is 2.50 bits per heavy atom. The van der Waals surface area contributed by atoms with Gasteiger partial charge in [0.25, 0.3) is 0 Å². The third kappa shape index (κ3) is 5.49. The molecule has 0 aromatic rings. The molecule has 0 saturated heterocycles. The third-order valence-corrected chi connectivity index (χ3v) is 3.38. The summed E-state index contributed by atoms with van der Waals surface area (Å²) in [6.45, 7) is 2.20. The molecule has 1 saturated carbocycles. The summed E-state index contributed by atoms with van der Waals surface area (Å²) < 4.78 is 0. The van der Waals surface area contributed by atoms with Crippen LogP contribution in [0.3, 0.4) is 0 Å². The minimum absolute atomic E-state index is 0.00375. The molecule has 1 aliphatic carbocycles. The van der Waals surface area contributed by atoms with Gasteiger partial charge in [-0.25, -0.2) is 0 Å². The fourth-order valence-corrected chi connectivity index (χ4v) is 2.28. The molecule has 5 heteroatoms. The van der Waals surface area contributed by atoms with Crippen molar-refractivity contribution in [2.75, 3.05) is 13.1 Å². The summed E-state index contributed by atoms with van der Waals surface area (Å²) in [5.74, 6) is -0.0273. The largest absolute Gasteiger partial charge is 0.391 e. The Balaban J connectivity index is 2.10. The van der Waals surface area contributed by atoms with Crippen molar-refractivity contribution in [3.8, 4) is 0 Å². The number of hydrogen-bond donors (Lipinski definition) is 3. The molecule has 2 amide bonds. The molecule has 3 N–H and O–H groups in total. The zero-order valence-corrected chi connectivity index (χ0v) is 11.1. The van der Waals surface area contributed by atoms with E-state index in [4.69, 9.17) is 0 Å². The monoisotopic (exact) mass is 256 g/mol. The molecule has 1 fully saturated rings. The normalized spacial score (nSPS) is 17.4. The molecule has 104 valence electrons. The highest BCUT2D eigenvalue weighted by Gasteiger charge is 2.23. The van der Waals surface area contributed by atoms with Crippen LogP contribution in [0.2, 0.25) is 0 Å². The molecule has 1 unspecified atom stereocenters. The van der Waals surface area contributed by atoms with Crippen molar-refractivity contribution in [1.29, 1.82) is 0 Å². The smallest absolute Gasteiger partial charge is 0.239 e. The molecule has 0 aromatic heterocycles. The lowest BCUT2D eigenvalue weighted by Crippen LogP contribution is -2.41. The first kappa shape index (κ1) is 15.0. The Morgan fingerprint density at radius 1 is 1.22 bits per heavy atom. The highest BCUT2D eigenvalue weighted by atomic mass is 16.3. The van der Waals surface area contributed by atoms with E-state index in [0.717, 1.165) is 19.3 Å². The first-order chi connectivity index (χ1) is 8.63. The zero-order chi connectivity index (χ0) is 13.4. The Bertz CT molecular complexity index is 275. The van der Waals surface area contributed by atoms with Crippen molar-refractivity contribution >= 4 is 11.8 Å². The van der Waals surface area contributed by atoms with E-state index in [1.807, 2.05) is 6.92 Å². The van der Waals surface area contributed by atoms with Crippen LogP contribution in [-0.2, 0) is 9.59 Å². The second kappa shape index (κ2) is 8.08. The van der Waals surface area contributed by atoms with Crippen LogP contribution in [0.4, 0.5) is 0 Å². The van der Waals surface area contributed by atoms with E-state index < -0.39 is 6.10 Å². The topological polar surface area (TPSA) is 78.4 Å². The summed E-state index contributed by atoms with van der Waals surface area (Å²) in [4.78, 5) is 22.6. The van der Waals surface area contributed by atoms with Crippen molar-refractivity contribution in [2.24, 2.45) is 5.92 Å². The van der Waals surface area contributed by atoms with Crippen LogP contribution in [0.5, 0.6) is 0 Å². The van der Waals surface area contributed by atoms with Gasteiger partial charge in [-0.05, 0) is 25.2 Å². The summed E-state index contributed by atoms with van der Waals surface area (Å²) in [5, 5.41) is 15.1. The minimum Gasteiger partial charge on any atom is -0.391 e. The molecule has 0 heterocycles. The second-order valence-electron chi connectivity index (χ2n) is 4.94. The molecule has 0 aliphatic heterocycles. The average molecular weight is 256 g/mol. The van der Waals surface area contributed by atoms with Crippen LogP contribution in [0.15, 0.2) is 0 Å². The number of nitrogens with one attached hydrogen (secondary N) is 2. The van der Waals surface area contributed by atoms with Crippen molar-refractivity contribution in [1.82, 2.24) is 10.6 Å². The number of amides is 2. The van der Waals surface area contributed by atoms with E-state index >= 15 is 0 Å². The van der Waals surface area contributed by atoms with Gasteiger partial charge in [0, 0.05) is 13.0 Å². The van der Waals surface area contributed by atoms with Gasteiger partial charge in [0.2, 0.25) is 11.8 Å². The Hall–Kier alpha value is -1.10. The van der Waals surface area contributed by atoms with Gasteiger partial charge in [-0.1, -0.05) is 19.8 Å². The molecular formula is C13H24N2O3. The summed E-state index contributed by atoms with van der Waals surface area (Å²) in [6.07, 6.45) is 5.19. The van der Waals surface area contributed by atoms with Crippen LogP contribution < -0.4 is 10.6 Å². The van der Waals surface area contributed by atoms with Gasteiger partial charge in [-0.3, -0.25) is 9.59 Å². The molecular weight excluding hydrogens is 232 g/mol. The van der Waals surface area contributed by atoms with Crippen LogP contribution in [0, 0.1) is 5.92 Å². The number of carbonyl (C=O) groups excluding carboxylic acids is 2. The molecule has 0 aromatic carbocycles. The molecule has 18 heavy (non-hydrogen) atoms. The van der Waals surface area contributed by atoms with E-state index in [-0.39, 0.29) is 24.9 Å². The van der Waals surface area contributed by atoms with E-state index in [1.54, 1.807) is 0 Å². The van der Waals surface area contributed by atoms with Crippen molar-refractivity contribution in [3.05, 3.63) is 0 Å². The van der Waals surface area contributed by atoms with E-state index in [1.165, 1.54) is 12.8 Å². The van der Waals surface area contributed by atoms with Gasteiger partial charge in [0.1, 0.15) is 0 Å². The van der Waals surface area contributed by atoms with Crippen LogP contribution in [0.25, 0.3) is 0 Å². The maximum atomic E-state index is 11.4. The maximum Gasteiger partial charge on any atom is 0.239 e. The summed E-state index contributed by atoms with van der Waals surface area (Å²) in [6, 6.07) is 0. The predicted molar refractivity (Wildman–Crippen MR) is 68.9 cm³/mol. The molecule has 0 radical (unpaired) electrons. The van der Waals surface area contributed by atoms with Crippen molar-refractivity contribution in [3.63, 3.8) is 0 Å². The van der Waals surface area contributed by atoms with Crippen molar-refractivity contribution in [2.45, 2.75) is 51.6 Å². The fraction of sp³-hybridized carbons (Fsp3) is 0.846. The molecule has 5 nitrogen and oxygen atoms in total. The Labute approximate surface area is 108 Å². The molecule has 1 atom stereocenters. The lowest BCUT2D eigenvalue weighted by Gasteiger charge is -2.18. The number of carbonyl (C=O) groups is 2. The number of hydrogen-bond acceptors (Lipinski definition) is 3. The molecule has 1 rings (SSSR count).